The van der Waals surface area contributed by atoms with Crippen molar-refractivity contribution in [2.75, 3.05) is 6.61 Å². The second-order valence-corrected chi connectivity index (χ2v) is 15.3. The maximum Gasteiger partial charge on any atom is 0.183 e. The summed E-state index contributed by atoms with van der Waals surface area (Å²) in [4.78, 5) is 12.2. The zero-order valence-corrected chi connectivity index (χ0v) is 18.0. The van der Waals surface area contributed by atoms with Crippen molar-refractivity contribution >= 4 is 14.1 Å². The fraction of sp³-hybridized carbons (Fsp3) is 0.864. The summed E-state index contributed by atoms with van der Waals surface area (Å²) in [5.74, 6) is 2.30. The molecule has 0 radical (unpaired) electrons. The van der Waals surface area contributed by atoms with Gasteiger partial charge in [0.2, 0.25) is 0 Å². The number of carbonyl (C=O) groups is 1. The SMILES string of the molecule is C[C@]12CC[C@@H]3[C@@H](CCC4=CC(=O)CC[C@@]43CO[Si](C)(C)C)[C@@H]1CCC2O. The van der Waals surface area contributed by atoms with Crippen LogP contribution in [-0.4, -0.2) is 31.9 Å². The number of fused-ring (bicyclic) bond motifs is 5. The molecular weight excluding hydrogens is 340 g/mol. The number of carbonyl (C=O) groups excluding carboxylic acids is 1. The molecule has 0 aromatic carbocycles. The van der Waals surface area contributed by atoms with E-state index in [0.29, 0.717) is 30.0 Å². The molecule has 4 aliphatic carbocycles. The number of hydrogen-bond donors (Lipinski definition) is 1. The van der Waals surface area contributed by atoms with E-state index in [4.69, 9.17) is 4.43 Å². The summed E-state index contributed by atoms with van der Waals surface area (Å²) in [6.45, 7) is 9.97. The molecule has 0 aromatic heterocycles. The predicted octanol–water partition coefficient (Wildman–Crippen LogP) is 4.71. The van der Waals surface area contributed by atoms with Gasteiger partial charge in [-0.15, -0.1) is 0 Å². The molecule has 146 valence electrons. The van der Waals surface area contributed by atoms with E-state index >= 15 is 0 Å². The summed E-state index contributed by atoms with van der Waals surface area (Å²) < 4.78 is 6.51. The maximum absolute atomic E-state index is 12.2. The predicted molar refractivity (Wildman–Crippen MR) is 106 cm³/mol. The van der Waals surface area contributed by atoms with Crippen LogP contribution in [0.2, 0.25) is 19.6 Å². The van der Waals surface area contributed by atoms with Crippen LogP contribution in [0.1, 0.15) is 58.3 Å². The lowest BCUT2D eigenvalue weighted by molar-refractivity contribution is -0.119. The van der Waals surface area contributed by atoms with Crippen LogP contribution in [0, 0.1) is 28.6 Å². The lowest BCUT2D eigenvalue weighted by atomic mass is 9.47. The Labute approximate surface area is 159 Å². The minimum Gasteiger partial charge on any atom is -0.417 e. The van der Waals surface area contributed by atoms with Gasteiger partial charge in [0.25, 0.3) is 0 Å². The summed E-state index contributed by atoms with van der Waals surface area (Å²) in [5.41, 5.74) is 1.61. The summed E-state index contributed by atoms with van der Waals surface area (Å²) in [7, 11) is -1.60. The van der Waals surface area contributed by atoms with Gasteiger partial charge in [-0.3, -0.25) is 4.79 Å². The van der Waals surface area contributed by atoms with E-state index in [9.17, 15) is 9.90 Å². The molecule has 0 aromatic rings. The van der Waals surface area contributed by atoms with Crippen molar-refractivity contribution in [3.63, 3.8) is 0 Å². The fourth-order valence-electron chi connectivity index (χ4n) is 6.95. The Morgan fingerprint density at radius 1 is 1.12 bits per heavy atom. The Kier molecular flexibility index (Phi) is 4.56. The van der Waals surface area contributed by atoms with E-state index in [0.717, 1.165) is 32.3 Å². The van der Waals surface area contributed by atoms with Crippen LogP contribution in [0.4, 0.5) is 0 Å². The van der Waals surface area contributed by atoms with Gasteiger partial charge < -0.3 is 9.53 Å². The quantitative estimate of drug-likeness (QED) is 0.726. The van der Waals surface area contributed by atoms with Crippen molar-refractivity contribution < 1.29 is 14.3 Å². The Morgan fingerprint density at radius 3 is 2.62 bits per heavy atom. The van der Waals surface area contributed by atoms with Crippen LogP contribution >= 0.6 is 0 Å². The van der Waals surface area contributed by atoms with Gasteiger partial charge in [-0.2, -0.15) is 0 Å². The van der Waals surface area contributed by atoms with Gasteiger partial charge in [-0.1, -0.05) is 12.5 Å². The third kappa shape index (κ3) is 2.87. The Hall–Kier alpha value is -0.453. The van der Waals surface area contributed by atoms with Crippen molar-refractivity contribution in [1.29, 1.82) is 0 Å². The second-order valence-electron chi connectivity index (χ2n) is 10.7. The van der Waals surface area contributed by atoms with Crippen molar-refractivity contribution in [1.82, 2.24) is 0 Å². The van der Waals surface area contributed by atoms with Crippen LogP contribution in [-0.2, 0) is 9.22 Å². The molecule has 4 heteroatoms. The lowest BCUT2D eigenvalue weighted by Crippen LogP contribution is -2.54. The van der Waals surface area contributed by atoms with Crippen molar-refractivity contribution in [2.24, 2.45) is 28.6 Å². The van der Waals surface area contributed by atoms with Crippen molar-refractivity contribution in [2.45, 2.75) is 84.0 Å². The van der Waals surface area contributed by atoms with Gasteiger partial charge in [0.05, 0.1) is 6.10 Å². The first-order chi connectivity index (χ1) is 12.2. The van der Waals surface area contributed by atoms with Crippen LogP contribution in [0.25, 0.3) is 0 Å². The zero-order valence-electron chi connectivity index (χ0n) is 17.0. The van der Waals surface area contributed by atoms with E-state index in [-0.39, 0.29) is 16.9 Å². The van der Waals surface area contributed by atoms with E-state index < -0.39 is 8.32 Å². The number of rotatable bonds is 3. The maximum atomic E-state index is 12.2. The summed E-state index contributed by atoms with van der Waals surface area (Å²) in [6, 6.07) is 0. The molecule has 4 aliphatic rings. The number of hydrogen-bond acceptors (Lipinski definition) is 3. The minimum absolute atomic E-state index is 0.0893. The number of ketones is 1. The summed E-state index contributed by atoms with van der Waals surface area (Å²) in [6.07, 6.45) is 10.3. The molecule has 0 amide bonds. The first kappa shape index (κ1) is 18.9. The Bertz CT molecular complexity index is 621. The summed E-state index contributed by atoms with van der Waals surface area (Å²) >= 11 is 0. The third-order valence-electron chi connectivity index (χ3n) is 8.40. The Balaban J connectivity index is 1.68. The molecule has 0 bridgehead atoms. The molecule has 3 saturated carbocycles. The second kappa shape index (κ2) is 6.28. The largest absolute Gasteiger partial charge is 0.417 e. The Morgan fingerprint density at radius 2 is 1.88 bits per heavy atom. The summed E-state index contributed by atoms with van der Waals surface area (Å²) in [5, 5.41) is 10.6. The first-order valence-electron chi connectivity index (χ1n) is 10.7. The normalized spacial score (nSPS) is 45.6. The van der Waals surface area contributed by atoms with E-state index in [1.165, 1.54) is 24.8 Å². The van der Waals surface area contributed by atoms with E-state index in [1.807, 2.05) is 6.08 Å². The highest BCUT2D eigenvalue weighted by Crippen LogP contribution is 2.65. The molecule has 0 heterocycles. The fourth-order valence-corrected chi connectivity index (χ4v) is 7.64. The molecule has 0 saturated heterocycles. The van der Waals surface area contributed by atoms with Gasteiger partial charge in [-0.25, -0.2) is 0 Å². The minimum atomic E-state index is -1.60. The van der Waals surface area contributed by atoms with Crippen LogP contribution in [0.3, 0.4) is 0 Å². The van der Waals surface area contributed by atoms with Gasteiger partial charge >= 0.3 is 0 Å². The molecule has 3 nitrogen and oxygen atoms in total. The highest BCUT2D eigenvalue weighted by atomic mass is 28.4. The molecule has 1 unspecified atom stereocenters. The lowest BCUT2D eigenvalue weighted by Gasteiger charge is -2.59. The monoisotopic (exact) mass is 376 g/mol. The topological polar surface area (TPSA) is 46.5 Å². The molecule has 1 N–H and O–H groups in total. The van der Waals surface area contributed by atoms with Crippen LogP contribution < -0.4 is 0 Å². The van der Waals surface area contributed by atoms with Gasteiger partial charge in [-0.05, 0) is 93.8 Å². The molecule has 3 fully saturated rings. The number of aliphatic hydroxyl groups is 1. The van der Waals surface area contributed by atoms with Gasteiger partial charge in [0.1, 0.15) is 0 Å². The first-order valence-corrected chi connectivity index (χ1v) is 14.1. The molecule has 26 heavy (non-hydrogen) atoms. The molecule has 6 atom stereocenters. The molecule has 4 rings (SSSR count). The molecular formula is C22H36O3Si. The van der Waals surface area contributed by atoms with Crippen LogP contribution in [0.5, 0.6) is 0 Å². The van der Waals surface area contributed by atoms with Gasteiger partial charge in [0, 0.05) is 18.4 Å². The van der Waals surface area contributed by atoms with Crippen molar-refractivity contribution in [3.05, 3.63) is 11.6 Å². The smallest absolute Gasteiger partial charge is 0.183 e. The van der Waals surface area contributed by atoms with Crippen molar-refractivity contribution in [3.8, 4) is 0 Å². The number of aliphatic hydroxyl groups excluding tert-OH is 1. The standard InChI is InChI=1S/C22H36O3Si/c1-21-11-10-19-17(18(21)7-8-20(21)24)6-5-15-13-16(23)9-12-22(15,19)14-25-26(2,3)4/h13,17-20,24H,5-12,14H2,1-4H3/t17-,18-,19+,20?,21-,22+/m0/s1. The zero-order chi connectivity index (χ0) is 18.7. The average molecular weight is 377 g/mol. The van der Waals surface area contributed by atoms with Gasteiger partial charge in [0.15, 0.2) is 14.1 Å². The van der Waals surface area contributed by atoms with E-state index in [2.05, 4.69) is 26.6 Å². The van der Waals surface area contributed by atoms with Crippen LogP contribution in [0.15, 0.2) is 11.6 Å². The van der Waals surface area contributed by atoms with E-state index in [1.54, 1.807) is 0 Å². The molecule has 0 spiro atoms. The molecule has 0 aliphatic heterocycles. The highest BCUT2D eigenvalue weighted by molar-refractivity contribution is 6.69. The third-order valence-corrected chi connectivity index (χ3v) is 9.41. The average Bonchev–Trinajstić information content (AvgIpc) is 2.88. The highest BCUT2D eigenvalue weighted by Gasteiger charge is 2.60.